The Kier molecular flexibility index (Phi) is 8.01. The molecule has 29 heavy (non-hydrogen) atoms. The van der Waals surface area contributed by atoms with Gasteiger partial charge in [0.1, 0.15) is 5.75 Å². The van der Waals surface area contributed by atoms with Crippen LogP contribution in [0, 0.1) is 0 Å². The maximum absolute atomic E-state index is 12.2. The summed E-state index contributed by atoms with van der Waals surface area (Å²) in [6.07, 6.45) is -0.675. The third-order valence-electron chi connectivity index (χ3n) is 3.77. The lowest BCUT2D eigenvalue weighted by Crippen LogP contribution is -2.44. The van der Waals surface area contributed by atoms with Crippen LogP contribution in [0.25, 0.3) is 0 Å². The van der Waals surface area contributed by atoms with Gasteiger partial charge in [-0.25, -0.2) is 4.79 Å². The molecule has 1 N–H and O–H groups in total. The van der Waals surface area contributed by atoms with Crippen LogP contribution >= 0.6 is 11.6 Å². The number of likely N-dealkylation sites (N-methyl/N-ethyl adjacent to an activating group) is 1. The maximum Gasteiger partial charge on any atom is 0.417 e. The summed E-state index contributed by atoms with van der Waals surface area (Å²) in [5.74, 6) is -1.53. The zero-order chi connectivity index (χ0) is 21.4. The summed E-state index contributed by atoms with van der Waals surface area (Å²) >= 11 is 5.92. The minimum absolute atomic E-state index is 0.275. The summed E-state index contributed by atoms with van der Waals surface area (Å²) in [5, 5.41) is 3.11. The molecule has 8 heteroatoms. The Hall–Kier alpha value is -2.61. The van der Waals surface area contributed by atoms with Crippen molar-refractivity contribution in [2.75, 3.05) is 32.6 Å². The van der Waals surface area contributed by atoms with Crippen molar-refractivity contribution in [3.63, 3.8) is 0 Å². The number of benzene rings is 2. The van der Waals surface area contributed by atoms with Crippen molar-refractivity contribution in [3.05, 3.63) is 59.1 Å². The van der Waals surface area contributed by atoms with Crippen molar-refractivity contribution in [3.8, 4) is 5.75 Å². The van der Waals surface area contributed by atoms with Crippen molar-refractivity contribution >= 4 is 29.4 Å². The van der Waals surface area contributed by atoms with Gasteiger partial charge < -0.3 is 19.1 Å². The van der Waals surface area contributed by atoms with Crippen LogP contribution in [0.5, 0.6) is 5.75 Å². The number of carbonyl (C=O) groups excluding carboxylic acids is 2. The second-order valence-electron chi connectivity index (χ2n) is 6.57. The number of ether oxygens (including phenoxy) is 3. The molecule has 0 aliphatic carbocycles. The second-order valence-corrected chi connectivity index (χ2v) is 7.01. The van der Waals surface area contributed by atoms with Crippen LogP contribution in [0.3, 0.4) is 0 Å². The highest BCUT2D eigenvalue weighted by Crippen LogP contribution is 2.31. The third kappa shape index (κ3) is 6.74. The second kappa shape index (κ2) is 10.2. The van der Waals surface area contributed by atoms with E-state index in [2.05, 4.69) is 5.32 Å². The van der Waals surface area contributed by atoms with Gasteiger partial charge in [-0.1, -0.05) is 29.8 Å². The molecule has 0 spiro atoms. The fourth-order valence-corrected chi connectivity index (χ4v) is 3.03. The normalized spacial score (nSPS) is 12.9. The quantitative estimate of drug-likeness (QED) is 0.507. The van der Waals surface area contributed by atoms with Gasteiger partial charge in [-0.2, -0.15) is 0 Å². The first-order chi connectivity index (χ1) is 13.7. The van der Waals surface area contributed by atoms with E-state index in [1.165, 1.54) is 6.92 Å². The summed E-state index contributed by atoms with van der Waals surface area (Å²) in [6, 6.07) is 13.4. The van der Waals surface area contributed by atoms with Gasteiger partial charge in [0.05, 0.1) is 6.54 Å². The lowest BCUT2D eigenvalue weighted by Gasteiger charge is -2.35. The Labute approximate surface area is 175 Å². The smallest absolute Gasteiger partial charge is 0.417 e. The number of anilines is 1. The molecule has 0 saturated carbocycles. The van der Waals surface area contributed by atoms with E-state index in [-0.39, 0.29) is 5.75 Å². The molecule has 0 bridgehead atoms. The first kappa shape index (κ1) is 22.7. The topological polar surface area (TPSA) is 77.1 Å². The number of halogens is 1. The number of hydrogen-bond donors (Lipinski definition) is 1. The van der Waals surface area contributed by atoms with Gasteiger partial charge in [-0.15, -0.1) is 0 Å². The highest BCUT2D eigenvalue weighted by molar-refractivity contribution is 6.30. The zero-order valence-electron chi connectivity index (χ0n) is 16.9. The first-order valence-corrected chi connectivity index (χ1v) is 9.45. The van der Waals surface area contributed by atoms with Crippen LogP contribution < -0.4 is 10.1 Å². The summed E-state index contributed by atoms with van der Waals surface area (Å²) in [6.45, 7) is 3.74. The van der Waals surface area contributed by atoms with Crippen molar-refractivity contribution in [1.82, 2.24) is 4.90 Å². The van der Waals surface area contributed by atoms with Crippen LogP contribution in [-0.4, -0.2) is 44.2 Å². The van der Waals surface area contributed by atoms with Gasteiger partial charge in [0.15, 0.2) is 0 Å². The van der Waals surface area contributed by atoms with Gasteiger partial charge in [0.25, 0.3) is 5.79 Å². The minimum Gasteiger partial charge on any atom is -0.427 e. The van der Waals surface area contributed by atoms with E-state index in [1.807, 2.05) is 25.9 Å². The van der Waals surface area contributed by atoms with Crippen molar-refractivity contribution in [2.45, 2.75) is 19.6 Å². The Morgan fingerprint density at radius 2 is 1.86 bits per heavy atom. The number of hydrogen-bond acceptors (Lipinski definition) is 6. The lowest BCUT2D eigenvalue weighted by atomic mass is 10.0. The summed E-state index contributed by atoms with van der Waals surface area (Å²) in [7, 11) is 3.69. The van der Waals surface area contributed by atoms with Gasteiger partial charge in [-0.3, -0.25) is 10.1 Å². The Morgan fingerprint density at radius 1 is 1.14 bits per heavy atom. The predicted molar refractivity (Wildman–Crippen MR) is 111 cm³/mol. The molecule has 0 radical (unpaired) electrons. The SMILES string of the molecule is CCOC(CN(C)C)(OC(C)=O)c1cccc(OC(=O)Nc2cccc(Cl)c2)c1. The Morgan fingerprint density at radius 3 is 2.48 bits per heavy atom. The van der Waals surface area contributed by atoms with Crippen LogP contribution in [0.4, 0.5) is 10.5 Å². The van der Waals surface area contributed by atoms with Crippen LogP contribution in [0.2, 0.25) is 5.02 Å². The third-order valence-corrected chi connectivity index (χ3v) is 4.00. The molecule has 2 aromatic carbocycles. The number of rotatable bonds is 8. The first-order valence-electron chi connectivity index (χ1n) is 9.07. The molecule has 1 atom stereocenters. The van der Waals surface area contributed by atoms with E-state index < -0.39 is 17.8 Å². The number of esters is 1. The number of nitrogens with one attached hydrogen (secondary N) is 1. The van der Waals surface area contributed by atoms with Crippen molar-refractivity contribution in [2.24, 2.45) is 0 Å². The maximum atomic E-state index is 12.2. The fraction of sp³-hybridized carbons (Fsp3) is 0.333. The summed E-state index contributed by atoms with van der Waals surface area (Å²) in [5.41, 5.74) is 1.06. The lowest BCUT2D eigenvalue weighted by molar-refractivity contribution is -0.241. The minimum atomic E-state index is -1.33. The average Bonchev–Trinajstić information content (AvgIpc) is 2.61. The molecule has 2 aromatic rings. The van der Waals surface area contributed by atoms with Gasteiger partial charge in [0.2, 0.25) is 0 Å². The molecule has 0 aromatic heterocycles. The summed E-state index contributed by atoms with van der Waals surface area (Å²) in [4.78, 5) is 25.8. The zero-order valence-corrected chi connectivity index (χ0v) is 17.7. The molecule has 7 nitrogen and oxygen atoms in total. The van der Waals surface area contributed by atoms with Gasteiger partial charge in [0, 0.05) is 29.8 Å². The molecular weight excluding hydrogens is 396 g/mol. The molecule has 1 unspecified atom stereocenters. The van der Waals surface area contributed by atoms with Crippen LogP contribution in [-0.2, 0) is 20.1 Å². The number of carbonyl (C=O) groups is 2. The highest BCUT2D eigenvalue weighted by atomic mass is 35.5. The van der Waals surface area contributed by atoms with Crippen LogP contribution in [0.15, 0.2) is 48.5 Å². The van der Waals surface area contributed by atoms with Gasteiger partial charge in [-0.05, 0) is 51.4 Å². The molecule has 2 rings (SSSR count). The van der Waals surface area contributed by atoms with E-state index >= 15 is 0 Å². The Bertz CT molecular complexity index is 858. The predicted octanol–water partition coefficient (Wildman–Crippen LogP) is 4.26. The monoisotopic (exact) mass is 420 g/mol. The largest absolute Gasteiger partial charge is 0.427 e. The van der Waals surface area contributed by atoms with Crippen molar-refractivity contribution < 1.29 is 23.8 Å². The van der Waals surface area contributed by atoms with E-state index in [1.54, 1.807) is 48.5 Å². The fourth-order valence-electron chi connectivity index (χ4n) is 2.84. The molecule has 0 aliphatic heterocycles. The molecule has 156 valence electrons. The van der Waals surface area contributed by atoms with E-state index in [0.717, 1.165) is 0 Å². The number of amides is 1. The van der Waals surface area contributed by atoms with Crippen molar-refractivity contribution in [1.29, 1.82) is 0 Å². The standard InChI is InChI=1S/C21H25ClN2O5/c1-5-27-21(14-24(3)4,29-15(2)25)16-8-6-11-19(12-16)28-20(26)23-18-10-7-9-17(22)13-18/h6-13H,5,14H2,1-4H3,(H,23,26). The molecule has 1 amide bonds. The molecule has 0 aliphatic rings. The summed E-state index contributed by atoms with van der Waals surface area (Å²) < 4.78 is 16.8. The number of nitrogens with zero attached hydrogens (tertiary/aromatic N) is 1. The van der Waals surface area contributed by atoms with E-state index in [4.69, 9.17) is 25.8 Å². The highest BCUT2D eigenvalue weighted by Gasteiger charge is 2.38. The molecule has 0 heterocycles. The molecule has 0 fully saturated rings. The Balaban J connectivity index is 2.26. The van der Waals surface area contributed by atoms with Crippen LogP contribution in [0.1, 0.15) is 19.4 Å². The average molecular weight is 421 g/mol. The van der Waals surface area contributed by atoms with E-state index in [9.17, 15) is 9.59 Å². The molecule has 0 saturated heterocycles. The van der Waals surface area contributed by atoms with Gasteiger partial charge >= 0.3 is 12.1 Å². The van der Waals surface area contributed by atoms with E-state index in [0.29, 0.717) is 29.4 Å². The molecular formula is C21H25ClN2O5.